The van der Waals surface area contributed by atoms with E-state index in [1.165, 1.54) is 18.3 Å². The molecule has 6 nitrogen and oxygen atoms in total. The van der Waals surface area contributed by atoms with E-state index in [-0.39, 0.29) is 11.3 Å². The molecule has 0 unspecified atom stereocenters. The smallest absolute Gasteiger partial charge is 0.275 e. The summed E-state index contributed by atoms with van der Waals surface area (Å²) in [6.07, 6.45) is 3.33. The lowest BCUT2D eigenvalue weighted by molar-refractivity contribution is 0.0952. The van der Waals surface area contributed by atoms with E-state index in [2.05, 4.69) is 15.5 Å². The second kappa shape index (κ2) is 6.23. The average molecular weight is 309 g/mol. The molecule has 0 radical (unpaired) electrons. The number of aromatic hydroxyl groups is 1. The van der Waals surface area contributed by atoms with Gasteiger partial charge in [-0.3, -0.25) is 4.79 Å². The fourth-order valence-corrected chi connectivity index (χ4v) is 2.24. The van der Waals surface area contributed by atoms with Gasteiger partial charge >= 0.3 is 0 Å². The van der Waals surface area contributed by atoms with Gasteiger partial charge in [-0.2, -0.15) is 5.10 Å². The molecule has 0 aliphatic rings. The van der Waals surface area contributed by atoms with Gasteiger partial charge in [0.05, 0.1) is 18.9 Å². The first-order chi connectivity index (χ1) is 11.2. The SMILES string of the molecule is COc1ccc2[nH]cc(C=NNC(=O)c3ccccc3O)c2c1. The number of carbonyl (C=O) groups is 1. The van der Waals surface area contributed by atoms with Gasteiger partial charge in [-0.15, -0.1) is 0 Å². The molecule has 0 saturated carbocycles. The zero-order valence-corrected chi connectivity index (χ0v) is 12.4. The molecule has 1 amide bonds. The van der Waals surface area contributed by atoms with Crippen molar-refractivity contribution in [2.75, 3.05) is 7.11 Å². The number of benzene rings is 2. The number of carbonyl (C=O) groups excluding carboxylic acids is 1. The van der Waals surface area contributed by atoms with Gasteiger partial charge < -0.3 is 14.8 Å². The van der Waals surface area contributed by atoms with Crippen LogP contribution in [-0.4, -0.2) is 29.3 Å². The highest BCUT2D eigenvalue weighted by molar-refractivity contribution is 6.01. The quantitative estimate of drug-likeness (QED) is 0.511. The molecule has 3 aromatic rings. The minimum absolute atomic E-state index is 0.0861. The van der Waals surface area contributed by atoms with Crippen molar-refractivity contribution in [1.29, 1.82) is 0 Å². The summed E-state index contributed by atoms with van der Waals surface area (Å²) in [4.78, 5) is 15.1. The van der Waals surface area contributed by atoms with E-state index < -0.39 is 5.91 Å². The van der Waals surface area contributed by atoms with Crippen LogP contribution in [0.2, 0.25) is 0 Å². The molecule has 1 aromatic heterocycles. The van der Waals surface area contributed by atoms with Gasteiger partial charge in [0, 0.05) is 22.7 Å². The topological polar surface area (TPSA) is 86.7 Å². The number of hydrogen-bond acceptors (Lipinski definition) is 4. The summed E-state index contributed by atoms with van der Waals surface area (Å²) in [5, 5.41) is 14.5. The standard InChI is InChI=1S/C17H15N3O3/c1-23-12-6-7-15-14(8-12)11(9-18-15)10-19-20-17(22)13-4-2-3-5-16(13)21/h2-10,18,21H,1H3,(H,20,22). The van der Waals surface area contributed by atoms with Crippen LogP contribution >= 0.6 is 0 Å². The third kappa shape index (κ3) is 3.01. The molecule has 23 heavy (non-hydrogen) atoms. The van der Waals surface area contributed by atoms with Crippen molar-refractivity contribution in [3.8, 4) is 11.5 Å². The molecule has 2 aromatic carbocycles. The lowest BCUT2D eigenvalue weighted by Gasteiger charge is -2.02. The highest BCUT2D eigenvalue weighted by Crippen LogP contribution is 2.22. The normalized spacial score (nSPS) is 11.0. The number of para-hydroxylation sites is 1. The van der Waals surface area contributed by atoms with Crippen molar-refractivity contribution in [3.63, 3.8) is 0 Å². The lowest BCUT2D eigenvalue weighted by Crippen LogP contribution is -2.17. The molecule has 6 heteroatoms. The van der Waals surface area contributed by atoms with Gasteiger partial charge in [0.1, 0.15) is 11.5 Å². The van der Waals surface area contributed by atoms with Gasteiger partial charge in [0.2, 0.25) is 0 Å². The largest absolute Gasteiger partial charge is 0.507 e. The van der Waals surface area contributed by atoms with Crippen LogP contribution in [0.4, 0.5) is 0 Å². The number of aromatic nitrogens is 1. The maximum Gasteiger partial charge on any atom is 0.275 e. The summed E-state index contributed by atoms with van der Waals surface area (Å²) in [7, 11) is 1.61. The Hall–Kier alpha value is -3.28. The van der Waals surface area contributed by atoms with E-state index in [4.69, 9.17) is 4.74 Å². The zero-order valence-electron chi connectivity index (χ0n) is 12.4. The number of hydrazone groups is 1. The highest BCUT2D eigenvalue weighted by atomic mass is 16.5. The van der Waals surface area contributed by atoms with Crippen LogP contribution < -0.4 is 10.2 Å². The summed E-state index contributed by atoms with van der Waals surface area (Å²) in [6, 6.07) is 11.9. The summed E-state index contributed by atoms with van der Waals surface area (Å²) < 4.78 is 5.20. The van der Waals surface area contributed by atoms with Crippen LogP contribution in [0.15, 0.2) is 53.8 Å². The molecule has 3 rings (SSSR count). The van der Waals surface area contributed by atoms with Gasteiger partial charge in [-0.1, -0.05) is 12.1 Å². The fourth-order valence-electron chi connectivity index (χ4n) is 2.24. The van der Waals surface area contributed by atoms with Crippen LogP contribution in [-0.2, 0) is 0 Å². The number of methoxy groups -OCH3 is 1. The van der Waals surface area contributed by atoms with E-state index >= 15 is 0 Å². The third-order valence-electron chi connectivity index (χ3n) is 3.44. The van der Waals surface area contributed by atoms with Crippen LogP contribution in [0.5, 0.6) is 11.5 Å². The lowest BCUT2D eigenvalue weighted by atomic mass is 10.2. The first-order valence-corrected chi connectivity index (χ1v) is 6.95. The Morgan fingerprint density at radius 1 is 1.30 bits per heavy atom. The maximum absolute atomic E-state index is 11.9. The van der Waals surface area contributed by atoms with Gasteiger partial charge in [-0.05, 0) is 30.3 Å². The number of ether oxygens (including phenoxy) is 1. The van der Waals surface area contributed by atoms with Crippen molar-refractivity contribution in [2.24, 2.45) is 5.10 Å². The van der Waals surface area contributed by atoms with Crippen molar-refractivity contribution in [2.45, 2.75) is 0 Å². The molecule has 116 valence electrons. The monoisotopic (exact) mass is 309 g/mol. The maximum atomic E-state index is 11.9. The fraction of sp³-hybridized carbons (Fsp3) is 0.0588. The second-order valence-corrected chi connectivity index (χ2v) is 4.87. The molecule has 0 aliphatic carbocycles. The van der Waals surface area contributed by atoms with Crippen molar-refractivity contribution in [3.05, 3.63) is 59.8 Å². The number of nitrogens with zero attached hydrogens (tertiary/aromatic N) is 1. The molecule has 0 aliphatic heterocycles. The molecule has 0 saturated heterocycles. The Kier molecular flexibility index (Phi) is 3.97. The zero-order chi connectivity index (χ0) is 16.2. The Morgan fingerprint density at radius 3 is 2.91 bits per heavy atom. The number of phenols is 1. The Morgan fingerprint density at radius 2 is 2.13 bits per heavy atom. The van der Waals surface area contributed by atoms with Crippen molar-refractivity contribution >= 4 is 23.0 Å². The molecule has 0 fully saturated rings. The Labute approximate surface area is 132 Å². The van der Waals surface area contributed by atoms with Crippen LogP contribution in [0, 0.1) is 0 Å². The molecule has 1 heterocycles. The number of aromatic amines is 1. The summed E-state index contributed by atoms with van der Waals surface area (Å²) >= 11 is 0. The van der Waals surface area contributed by atoms with E-state index in [1.54, 1.807) is 25.4 Å². The molecule has 0 spiro atoms. The first-order valence-electron chi connectivity index (χ1n) is 6.95. The molecule has 0 bridgehead atoms. The minimum Gasteiger partial charge on any atom is -0.507 e. The number of rotatable bonds is 4. The third-order valence-corrected chi connectivity index (χ3v) is 3.44. The predicted molar refractivity (Wildman–Crippen MR) is 88.0 cm³/mol. The van der Waals surface area contributed by atoms with E-state index in [0.29, 0.717) is 0 Å². The summed E-state index contributed by atoms with van der Waals surface area (Å²) in [5.41, 5.74) is 4.33. The molecule has 3 N–H and O–H groups in total. The summed E-state index contributed by atoms with van der Waals surface area (Å²) in [6.45, 7) is 0. The van der Waals surface area contributed by atoms with Gasteiger partial charge in [0.25, 0.3) is 5.91 Å². The Bertz CT molecular complexity index is 884. The highest BCUT2D eigenvalue weighted by Gasteiger charge is 2.09. The van der Waals surface area contributed by atoms with Crippen molar-refractivity contribution in [1.82, 2.24) is 10.4 Å². The number of amides is 1. The van der Waals surface area contributed by atoms with Gasteiger partial charge in [-0.25, -0.2) is 5.43 Å². The second-order valence-electron chi connectivity index (χ2n) is 4.87. The number of H-pyrrole nitrogens is 1. The van der Waals surface area contributed by atoms with Crippen LogP contribution in [0.1, 0.15) is 15.9 Å². The van der Waals surface area contributed by atoms with Crippen LogP contribution in [0.25, 0.3) is 10.9 Å². The number of hydrogen-bond donors (Lipinski definition) is 3. The van der Waals surface area contributed by atoms with E-state index in [9.17, 15) is 9.90 Å². The molecular weight excluding hydrogens is 294 g/mol. The van der Waals surface area contributed by atoms with E-state index in [0.717, 1.165) is 22.2 Å². The summed E-state index contributed by atoms with van der Waals surface area (Å²) in [5.74, 6) is 0.179. The number of fused-ring (bicyclic) bond motifs is 1. The van der Waals surface area contributed by atoms with Crippen LogP contribution in [0.3, 0.4) is 0 Å². The first kappa shape index (κ1) is 14.6. The average Bonchev–Trinajstić information content (AvgIpc) is 2.97. The minimum atomic E-state index is -0.475. The molecule has 0 atom stereocenters. The van der Waals surface area contributed by atoms with E-state index in [1.807, 2.05) is 18.2 Å². The Balaban J connectivity index is 1.78. The number of phenolic OH excluding ortho intramolecular Hbond substituents is 1. The van der Waals surface area contributed by atoms with Gasteiger partial charge in [0.15, 0.2) is 0 Å². The number of nitrogens with one attached hydrogen (secondary N) is 2. The predicted octanol–water partition coefficient (Wildman–Crippen LogP) is 2.65. The van der Waals surface area contributed by atoms with Crippen molar-refractivity contribution < 1.29 is 14.6 Å². The molecular formula is C17H15N3O3.